The third-order valence-electron chi connectivity index (χ3n) is 6.54. The van der Waals surface area contributed by atoms with Gasteiger partial charge in [-0.3, -0.25) is 9.59 Å². The number of carbonyl (C=O) groups is 2. The summed E-state index contributed by atoms with van der Waals surface area (Å²) in [6, 6.07) is 18.9. The number of benzene rings is 2. The summed E-state index contributed by atoms with van der Waals surface area (Å²) in [5.74, 6) is -0.436. The number of alkyl halides is 3. The molecule has 1 aliphatic rings. The second-order valence-corrected chi connectivity index (χ2v) is 9.72. The molecule has 10 heteroatoms. The zero-order valence-corrected chi connectivity index (χ0v) is 22.0. The van der Waals surface area contributed by atoms with E-state index in [9.17, 15) is 22.8 Å². The number of carbonyl (C=O) groups excluding carboxylic acids is 2. The van der Waals surface area contributed by atoms with E-state index < -0.39 is 17.3 Å². The zero-order chi connectivity index (χ0) is 28.0. The second-order valence-electron chi connectivity index (χ2n) is 9.32. The average molecular weight is 557 g/mol. The summed E-state index contributed by atoms with van der Waals surface area (Å²) in [5, 5.41) is 5.70. The van der Waals surface area contributed by atoms with E-state index in [-0.39, 0.29) is 35.2 Å². The van der Waals surface area contributed by atoms with Gasteiger partial charge in [0, 0.05) is 37.3 Å². The number of pyridine rings is 1. The van der Waals surface area contributed by atoms with Crippen LogP contribution in [-0.4, -0.2) is 46.4 Å². The van der Waals surface area contributed by atoms with Crippen LogP contribution in [0, 0.1) is 0 Å². The Bertz CT molecular complexity index is 1340. The minimum absolute atomic E-state index is 0.128. The molecule has 2 aromatic carbocycles. The molecule has 2 amide bonds. The Morgan fingerprint density at radius 1 is 1.05 bits per heavy atom. The molecular formula is C29H28ClF3N4O2. The van der Waals surface area contributed by atoms with Gasteiger partial charge in [-0.25, -0.2) is 4.98 Å². The molecule has 0 aliphatic carbocycles. The molecule has 0 spiro atoms. The first-order valence-electron chi connectivity index (χ1n) is 12.5. The van der Waals surface area contributed by atoms with Crippen LogP contribution in [0.1, 0.15) is 34.8 Å². The Hall–Kier alpha value is -3.85. The molecule has 0 saturated carbocycles. The highest BCUT2D eigenvalue weighted by molar-refractivity contribution is 6.32. The molecule has 2 heterocycles. The largest absolute Gasteiger partial charge is 0.417 e. The molecule has 4 rings (SSSR count). The fourth-order valence-corrected chi connectivity index (χ4v) is 4.84. The van der Waals surface area contributed by atoms with Crippen LogP contribution < -0.4 is 10.6 Å². The van der Waals surface area contributed by atoms with Crippen LogP contribution in [0.4, 0.5) is 19.0 Å². The lowest BCUT2D eigenvalue weighted by molar-refractivity contribution is -0.137. The normalized spacial score (nSPS) is 18.7. The van der Waals surface area contributed by atoms with Gasteiger partial charge in [0.05, 0.1) is 10.6 Å². The van der Waals surface area contributed by atoms with E-state index in [4.69, 9.17) is 11.6 Å². The standard InChI is InChI=1S/C29H28ClF3N4O2/c1-20-13-14-28(18-21-9-4-2-5-10-21,37(20)26(38)22-11-6-3-7-12-22)27(39)35-16-8-15-34-25-24(30)17-23(19-36-25)29(31,32)33/h2-7,9-14,17,19-20H,8,15-16,18H2,1H3,(H,34,36)(H,35,39)/t20-,28+/m1/s1. The van der Waals surface area contributed by atoms with Crippen molar-refractivity contribution in [2.24, 2.45) is 0 Å². The van der Waals surface area contributed by atoms with Crippen molar-refractivity contribution in [3.05, 3.63) is 107 Å². The average Bonchev–Trinajstić information content (AvgIpc) is 3.25. The van der Waals surface area contributed by atoms with Gasteiger partial charge in [0.2, 0.25) is 5.91 Å². The van der Waals surface area contributed by atoms with Gasteiger partial charge in [-0.2, -0.15) is 13.2 Å². The molecule has 204 valence electrons. The lowest BCUT2D eigenvalue weighted by atomic mass is 9.88. The molecule has 39 heavy (non-hydrogen) atoms. The molecule has 0 fully saturated rings. The van der Waals surface area contributed by atoms with Gasteiger partial charge in [-0.05, 0) is 37.1 Å². The monoisotopic (exact) mass is 556 g/mol. The quantitative estimate of drug-likeness (QED) is 0.260. The molecule has 2 N–H and O–H groups in total. The van der Waals surface area contributed by atoms with Crippen molar-refractivity contribution in [1.82, 2.24) is 15.2 Å². The summed E-state index contributed by atoms with van der Waals surface area (Å²) in [7, 11) is 0. The fourth-order valence-electron chi connectivity index (χ4n) is 4.60. The summed E-state index contributed by atoms with van der Waals surface area (Å²) in [5.41, 5.74) is -0.771. The number of nitrogens with one attached hydrogen (secondary N) is 2. The predicted octanol–water partition coefficient (Wildman–Crippen LogP) is 5.75. The minimum atomic E-state index is -4.53. The number of halogens is 4. The van der Waals surface area contributed by atoms with E-state index in [1.807, 2.05) is 49.4 Å². The lowest BCUT2D eigenvalue weighted by Gasteiger charge is -2.39. The number of nitrogens with zero attached hydrogens (tertiary/aromatic N) is 2. The second kappa shape index (κ2) is 11.9. The highest BCUT2D eigenvalue weighted by Crippen LogP contribution is 2.34. The van der Waals surface area contributed by atoms with Gasteiger partial charge in [0.15, 0.2) is 0 Å². The molecule has 1 aliphatic heterocycles. The Morgan fingerprint density at radius 3 is 2.36 bits per heavy atom. The maximum absolute atomic E-state index is 13.8. The molecule has 1 aromatic heterocycles. The summed E-state index contributed by atoms with van der Waals surface area (Å²) < 4.78 is 38.5. The fraction of sp³-hybridized carbons (Fsp3) is 0.276. The number of aromatic nitrogens is 1. The van der Waals surface area contributed by atoms with Crippen molar-refractivity contribution < 1.29 is 22.8 Å². The Balaban J connectivity index is 1.45. The van der Waals surface area contributed by atoms with Crippen LogP contribution in [0.5, 0.6) is 0 Å². The number of hydrogen-bond donors (Lipinski definition) is 2. The van der Waals surface area contributed by atoms with Crippen molar-refractivity contribution >= 4 is 29.2 Å². The van der Waals surface area contributed by atoms with Gasteiger partial charge in [0.25, 0.3) is 5.91 Å². The van der Waals surface area contributed by atoms with E-state index >= 15 is 0 Å². The summed E-state index contributed by atoms with van der Waals surface area (Å²) in [6.45, 7) is 2.45. The molecule has 2 atom stereocenters. The lowest BCUT2D eigenvalue weighted by Crippen LogP contribution is -2.60. The topological polar surface area (TPSA) is 74.3 Å². The van der Waals surface area contributed by atoms with Crippen molar-refractivity contribution in [2.45, 2.75) is 37.5 Å². The molecule has 0 radical (unpaired) electrons. The van der Waals surface area contributed by atoms with Crippen molar-refractivity contribution in [2.75, 3.05) is 18.4 Å². The van der Waals surface area contributed by atoms with Gasteiger partial charge < -0.3 is 15.5 Å². The van der Waals surface area contributed by atoms with Crippen molar-refractivity contribution in [3.8, 4) is 0 Å². The zero-order valence-electron chi connectivity index (χ0n) is 21.2. The SMILES string of the molecule is C[C@@H]1C=C[C@](Cc2ccccc2)(C(=O)NCCCNc2ncc(C(F)(F)F)cc2Cl)N1C(=O)c1ccccc1. The van der Waals surface area contributed by atoms with E-state index in [1.165, 1.54) is 0 Å². The first-order valence-corrected chi connectivity index (χ1v) is 12.9. The van der Waals surface area contributed by atoms with Crippen LogP contribution in [0.2, 0.25) is 5.02 Å². The number of rotatable bonds is 9. The first-order chi connectivity index (χ1) is 18.6. The number of anilines is 1. The highest BCUT2D eigenvalue weighted by Gasteiger charge is 2.49. The molecule has 6 nitrogen and oxygen atoms in total. The van der Waals surface area contributed by atoms with Crippen LogP contribution in [0.25, 0.3) is 0 Å². The summed E-state index contributed by atoms with van der Waals surface area (Å²) >= 11 is 5.95. The number of amides is 2. The first kappa shape index (κ1) is 28.2. The summed E-state index contributed by atoms with van der Waals surface area (Å²) in [6.07, 6.45) is 0.584. The maximum Gasteiger partial charge on any atom is 0.417 e. The van der Waals surface area contributed by atoms with Gasteiger partial charge in [-0.15, -0.1) is 0 Å². The molecule has 3 aromatic rings. The van der Waals surface area contributed by atoms with Gasteiger partial charge in [-0.1, -0.05) is 72.3 Å². The minimum Gasteiger partial charge on any atom is -0.369 e. The van der Waals surface area contributed by atoms with Crippen molar-refractivity contribution in [3.63, 3.8) is 0 Å². The Kier molecular flexibility index (Phi) is 8.60. The van der Waals surface area contributed by atoms with Crippen LogP contribution in [0.15, 0.2) is 85.1 Å². The third kappa shape index (κ3) is 6.42. The summed E-state index contributed by atoms with van der Waals surface area (Å²) in [4.78, 5) is 32.8. The maximum atomic E-state index is 13.8. The molecule has 0 unspecified atom stereocenters. The third-order valence-corrected chi connectivity index (χ3v) is 6.82. The highest BCUT2D eigenvalue weighted by atomic mass is 35.5. The van der Waals surface area contributed by atoms with E-state index in [0.717, 1.165) is 17.8 Å². The van der Waals surface area contributed by atoms with E-state index in [2.05, 4.69) is 15.6 Å². The van der Waals surface area contributed by atoms with E-state index in [0.29, 0.717) is 24.9 Å². The van der Waals surface area contributed by atoms with Gasteiger partial charge in [0.1, 0.15) is 11.4 Å². The molecule has 0 bridgehead atoms. The van der Waals surface area contributed by atoms with E-state index in [1.54, 1.807) is 35.2 Å². The van der Waals surface area contributed by atoms with Crippen LogP contribution >= 0.6 is 11.6 Å². The van der Waals surface area contributed by atoms with Crippen LogP contribution in [0.3, 0.4) is 0 Å². The van der Waals surface area contributed by atoms with Crippen molar-refractivity contribution in [1.29, 1.82) is 0 Å². The Labute approximate surface area is 229 Å². The number of hydrogen-bond acceptors (Lipinski definition) is 4. The Morgan fingerprint density at radius 2 is 1.72 bits per heavy atom. The van der Waals surface area contributed by atoms with Gasteiger partial charge >= 0.3 is 6.18 Å². The molecule has 0 saturated heterocycles. The van der Waals surface area contributed by atoms with Crippen LogP contribution in [-0.2, 0) is 17.4 Å². The smallest absolute Gasteiger partial charge is 0.369 e. The predicted molar refractivity (Wildman–Crippen MR) is 144 cm³/mol. The molecular weight excluding hydrogens is 529 g/mol.